The average molecular weight is 346 g/mol. The molecule has 0 saturated carbocycles. The molecule has 0 atom stereocenters. The van der Waals surface area contributed by atoms with Crippen LogP contribution in [0.5, 0.6) is 0 Å². The number of nitrogens with zero attached hydrogens (tertiary/aromatic N) is 3. The van der Waals surface area contributed by atoms with E-state index < -0.39 is 0 Å². The summed E-state index contributed by atoms with van der Waals surface area (Å²) in [5.74, 6) is 0.298. The van der Waals surface area contributed by atoms with Crippen LogP contribution < -0.4 is 15.8 Å². The summed E-state index contributed by atoms with van der Waals surface area (Å²) in [7, 11) is 3.57. The van der Waals surface area contributed by atoms with Gasteiger partial charge in [0.15, 0.2) is 5.82 Å². The van der Waals surface area contributed by atoms with Crippen LogP contribution in [0, 0.1) is 0 Å². The van der Waals surface area contributed by atoms with Crippen molar-refractivity contribution in [2.45, 2.75) is 26.3 Å². The Kier molecular flexibility index (Phi) is 6.94. The standard InChI is InChI=1S/C18H26N4O3/c1-4-25-13-7-11-19-16(23)10-12-22-15-9-6-5-8-14(15)20-17(18(22)24)21(2)3/h5-6,8-9H,4,7,10-13H2,1-3H3,(H,19,23). The largest absolute Gasteiger partial charge is 0.382 e. The molecular formula is C18H26N4O3. The summed E-state index contributed by atoms with van der Waals surface area (Å²) >= 11 is 0. The summed E-state index contributed by atoms with van der Waals surface area (Å²) < 4.78 is 6.86. The van der Waals surface area contributed by atoms with Crippen molar-refractivity contribution in [3.05, 3.63) is 34.6 Å². The molecule has 2 rings (SSSR count). The van der Waals surface area contributed by atoms with Crippen molar-refractivity contribution >= 4 is 22.8 Å². The molecule has 0 aliphatic carbocycles. The summed E-state index contributed by atoms with van der Waals surface area (Å²) in [5.41, 5.74) is 1.29. The molecule has 7 nitrogen and oxygen atoms in total. The normalized spacial score (nSPS) is 10.8. The Labute approximate surface area is 147 Å². The Morgan fingerprint density at radius 1 is 1.32 bits per heavy atom. The lowest BCUT2D eigenvalue weighted by Crippen LogP contribution is -2.31. The summed E-state index contributed by atoms with van der Waals surface area (Å²) in [6, 6.07) is 7.47. The molecule has 0 spiro atoms. The van der Waals surface area contributed by atoms with Crippen molar-refractivity contribution in [1.29, 1.82) is 0 Å². The molecule has 25 heavy (non-hydrogen) atoms. The zero-order valence-electron chi connectivity index (χ0n) is 15.1. The van der Waals surface area contributed by atoms with Gasteiger partial charge in [-0.05, 0) is 25.5 Å². The Hall–Kier alpha value is -2.41. The van der Waals surface area contributed by atoms with E-state index in [4.69, 9.17) is 4.74 Å². The average Bonchev–Trinajstić information content (AvgIpc) is 2.60. The van der Waals surface area contributed by atoms with Crippen LogP contribution in [0.4, 0.5) is 5.82 Å². The monoisotopic (exact) mass is 346 g/mol. The predicted octanol–water partition coefficient (Wildman–Crippen LogP) is 1.40. The number of benzene rings is 1. The summed E-state index contributed by atoms with van der Waals surface area (Å²) in [5, 5.41) is 2.86. The van der Waals surface area contributed by atoms with Crippen LogP contribution in [-0.2, 0) is 16.1 Å². The van der Waals surface area contributed by atoms with E-state index in [-0.39, 0.29) is 17.9 Å². The lowest BCUT2D eigenvalue weighted by molar-refractivity contribution is -0.121. The first kappa shape index (κ1) is 18.9. The molecule has 0 unspecified atom stereocenters. The number of fused-ring (bicyclic) bond motifs is 1. The molecule has 0 radical (unpaired) electrons. The molecule has 7 heteroatoms. The van der Waals surface area contributed by atoms with Crippen LogP contribution in [0.3, 0.4) is 0 Å². The minimum atomic E-state index is -0.187. The van der Waals surface area contributed by atoms with E-state index in [1.165, 1.54) is 0 Å². The van der Waals surface area contributed by atoms with Crippen molar-refractivity contribution < 1.29 is 9.53 Å². The van der Waals surface area contributed by atoms with Gasteiger partial charge in [0, 0.05) is 46.8 Å². The highest BCUT2D eigenvalue weighted by Crippen LogP contribution is 2.13. The quantitative estimate of drug-likeness (QED) is 0.695. The van der Waals surface area contributed by atoms with Gasteiger partial charge in [-0.1, -0.05) is 12.1 Å². The third-order valence-corrected chi connectivity index (χ3v) is 3.81. The number of carbonyl (C=O) groups excluding carboxylic acids is 1. The first-order chi connectivity index (χ1) is 12.0. The fraction of sp³-hybridized carbons (Fsp3) is 0.500. The van der Waals surface area contributed by atoms with Gasteiger partial charge in [-0.3, -0.25) is 9.59 Å². The molecule has 0 aliphatic heterocycles. The summed E-state index contributed by atoms with van der Waals surface area (Å²) in [4.78, 5) is 30.8. The van der Waals surface area contributed by atoms with E-state index in [9.17, 15) is 9.59 Å². The van der Waals surface area contributed by atoms with Crippen LogP contribution in [0.2, 0.25) is 0 Å². The number of amides is 1. The minimum Gasteiger partial charge on any atom is -0.382 e. The number of rotatable bonds is 9. The zero-order chi connectivity index (χ0) is 18.2. The third kappa shape index (κ3) is 5.03. The number of hydrogen-bond donors (Lipinski definition) is 1. The second-order valence-corrected chi connectivity index (χ2v) is 5.93. The smallest absolute Gasteiger partial charge is 0.293 e. The Morgan fingerprint density at radius 2 is 2.08 bits per heavy atom. The molecule has 0 saturated heterocycles. The molecular weight excluding hydrogens is 320 g/mol. The number of aryl methyl sites for hydroxylation is 1. The van der Waals surface area contributed by atoms with E-state index in [2.05, 4.69) is 10.3 Å². The molecule has 1 amide bonds. The fourth-order valence-electron chi connectivity index (χ4n) is 2.54. The van der Waals surface area contributed by atoms with Gasteiger partial charge in [-0.25, -0.2) is 4.98 Å². The molecule has 1 aromatic heterocycles. The van der Waals surface area contributed by atoms with Crippen LogP contribution in [0.15, 0.2) is 29.1 Å². The predicted molar refractivity (Wildman–Crippen MR) is 99.1 cm³/mol. The van der Waals surface area contributed by atoms with Gasteiger partial charge < -0.3 is 19.5 Å². The third-order valence-electron chi connectivity index (χ3n) is 3.81. The lowest BCUT2D eigenvalue weighted by atomic mass is 10.2. The van der Waals surface area contributed by atoms with Gasteiger partial charge in [0.1, 0.15) is 0 Å². The maximum absolute atomic E-state index is 12.7. The van der Waals surface area contributed by atoms with Gasteiger partial charge in [0.2, 0.25) is 5.91 Å². The number of para-hydroxylation sites is 2. The molecule has 1 heterocycles. The molecule has 0 aliphatic rings. The first-order valence-corrected chi connectivity index (χ1v) is 8.56. The van der Waals surface area contributed by atoms with Crippen molar-refractivity contribution in [3.8, 4) is 0 Å². The SMILES string of the molecule is CCOCCCNC(=O)CCn1c(=O)c(N(C)C)nc2ccccc21. The van der Waals surface area contributed by atoms with Crippen molar-refractivity contribution in [2.24, 2.45) is 0 Å². The van der Waals surface area contributed by atoms with Gasteiger partial charge in [0.25, 0.3) is 5.56 Å². The number of carbonyl (C=O) groups is 1. The van der Waals surface area contributed by atoms with Gasteiger partial charge in [-0.2, -0.15) is 0 Å². The minimum absolute atomic E-state index is 0.0734. The highest BCUT2D eigenvalue weighted by atomic mass is 16.5. The number of anilines is 1. The molecule has 1 aromatic carbocycles. The fourth-order valence-corrected chi connectivity index (χ4v) is 2.54. The molecule has 0 fully saturated rings. The Bertz CT molecular complexity index is 770. The Balaban J connectivity index is 2.08. The van der Waals surface area contributed by atoms with Crippen molar-refractivity contribution in [1.82, 2.24) is 14.9 Å². The van der Waals surface area contributed by atoms with Crippen LogP contribution >= 0.6 is 0 Å². The highest BCUT2D eigenvalue weighted by molar-refractivity contribution is 5.78. The van der Waals surface area contributed by atoms with E-state index in [1.807, 2.05) is 31.2 Å². The summed E-state index contributed by atoms with van der Waals surface area (Å²) in [6.07, 6.45) is 1.03. The van der Waals surface area contributed by atoms with Crippen LogP contribution in [-0.4, -0.2) is 49.3 Å². The van der Waals surface area contributed by atoms with Crippen LogP contribution in [0.25, 0.3) is 11.0 Å². The van der Waals surface area contributed by atoms with E-state index in [0.29, 0.717) is 32.1 Å². The van der Waals surface area contributed by atoms with Gasteiger partial charge >= 0.3 is 0 Å². The first-order valence-electron chi connectivity index (χ1n) is 8.56. The highest BCUT2D eigenvalue weighted by Gasteiger charge is 2.13. The topological polar surface area (TPSA) is 76.5 Å². The van der Waals surface area contributed by atoms with Crippen molar-refractivity contribution in [3.63, 3.8) is 0 Å². The molecule has 1 N–H and O–H groups in total. The molecule has 0 bridgehead atoms. The second kappa shape index (κ2) is 9.17. The van der Waals surface area contributed by atoms with E-state index >= 15 is 0 Å². The number of aromatic nitrogens is 2. The maximum Gasteiger partial charge on any atom is 0.293 e. The number of ether oxygens (including phenoxy) is 1. The number of hydrogen-bond acceptors (Lipinski definition) is 5. The van der Waals surface area contributed by atoms with Crippen molar-refractivity contribution in [2.75, 3.05) is 38.8 Å². The van der Waals surface area contributed by atoms with Crippen LogP contribution in [0.1, 0.15) is 19.8 Å². The van der Waals surface area contributed by atoms with E-state index in [0.717, 1.165) is 17.5 Å². The number of nitrogens with one attached hydrogen (secondary N) is 1. The lowest BCUT2D eigenvalue weighted by Gasteiger charge is -2.16. The van der Waals surface area contributed by atoms with E-state index in [1.54, 1.807) is 23.6 Å². The van der Waals surface area contributed by atoms with Gasteiger partial charge in [-0.15, -0.1) is 0 Å². The second-order valence-electron chi connectivity index (χ2n) is 5.93. The zero-order valence-corrected chi connectivity index (χ0v) is 15.1. The Morgan fingerprint density at radius 3 is 2.80 bits per heavy atom. The summed E-state index contributed by atoms with van der Waals surface area (Å²) in [6.45, 7) is 4.16. The molecule has 2 aromatic rings. The van der Waals surface area contributed by atoms with Gasteiger partial charge in [0.05, 0.1) is 11.0 Å². The maximum atomic E-state index is 12.7. The molecule has 136 valence electrons.